The molecular weight excluding hydrogens is 260 g/mol. The van der Waals surface area contributed by atoms with Crippen molar-refractivity contribution in [1.82, 2.24) is 0 Å². The number of fused-ring (bicyclic) bond motifs is 1. The van der Waals surface area contributed by atoms with Gasteiger partial charge in [-0.15, -0.1) is 11.3 Å². The second-order valence-electron chi connectivity index (χ2n) is 4.89. The number of benzene rings is 1. The maximum Gasteiger partial charge on any atom is 0.318 e. The maximum absolute atomic E-state index is 12.4. The van der Waals surface area contributed by atoms with Gasteiger partial charge < -0.3 is 5.11 Å². The zero-order valence-corrected chi connectivity index (χ0v) is 11.1. The highest BCUT2D eigenvalue weighted by molar-refractivity contribution is 7.12. The summed E-state index contributed by atoms with van der Waals surface area (Å²) in [6.45, 7) is 1.53. The van der Waals surface area contributed by atoms with Crippen molar-refractivity contribution in [3.05, 3.63) is 57.8 Å². The highest BCUT2D eigenvalue weighted by Gasteiger charge is 2.56. The summed E-state index contributed by atoms with van der Waals surface area (Å²) in [6.07, 6.45) is 0. The summed E-state index contributed by atoms with van der Waals surface area (Å²) in [5.41, 5.74) is 0.313. The first kappa shape index (κ1) is 12.1. The van der Waals surface area contributed by atoms with Gasteiger partial charge in [0, 0.05) is 5.92 Å². The number of carboxylic acid groups (broad SMARTS) is 1. The van der Waals surface area contributed by atoms with Crippen LogP contribution in [0.5, 0.6) is 0 Å². The molecule has 0 bridgehead atoms. The largest absolute Gasteiger partial charge is 0.480 e. The minimum Gasteiger partial charge on any atom is -0.480 e. The molecule has 1 aromatic heterocycles. The van der Waals surface area contributed by atoms with Crippen molar-refractivity contribution < 1.29 is 14.7 Å². The molecule has 2 aromatic rings. The quantitative estimate of drug-likeness (QED) is 0.854. The lowest BCUT2D eigenvalue weighted by Gasteiger charge is -2.26. The van der Waals surface area contributed by atoms with E-state index in [4.69, 9.17) is 0 Å². The molecular formula is C15H12O3S. The zero-order chi connectivity index (χ0) is 13.6. The van der Waals surface area contributed by atoms with Crippen molar-refractivity contribution in [2.75, 3.05) is 0 Å². The van der Waals surface area contributed by atoms with Crippen LogP contribution in [-0.4, -0.2) is 16.9 Å². The standard InChI is InChI=1S/C15H12O3S/c1-15(14(17)18)11(9-5-3-2-4-6-9)10-7-8-19-12(10)13(15)16/h2-8,11H,1H3,(H,17,18). The van der Waals surface area contributed by atoms with E-state index in [2.05, 4.69) is 0 Å². The van der Waals surface area contributed by atoms with E-state index >= 15 is 0 Å². The lowest BCUT2D eigenvalue weighted by molar-refractivity contribution is -0.145. The van der Waals surface area contributed by atoms with Crippen LogP contribution in [0, 0.1) is 5.41 Å². The van der Waals surface area contributed by atoms with E-state index in [9.17, 15) is 14.7 Å². The minimum atomic E-state index is -1.40. The minimum absolute atomic E-state index is 0.279. The number of carbonyl (C=O) groups excluding carboxylic acids is 1. The van der Waals surface area contributed by atoms with Crippen molar-refractivity contribution in [2.24, 2.45) is 5.41 Å². The molecule has 1 N–H and O–H groups in total. The second-order valence-corrected chi connectivity index (χ2v) is 5.80. The van der Waals surface area contributed by atoms with Crippen LogP contribution in [0.2, 0.25) is 0 Å². The maximum atomic E-state index is 12.4. The van der Waals surface area contributed by atoms with Crippen LogP contribution >= 0.6 is 11.3 Å². The van der Waals surface area contributed by atoms with E-state index in [0.29, 0.717) is 4.88 Å². The molecule has 1 aromatic carbocycles. The Bertz CT molecular complexity index is 659. The van der Waals surface area contributed by atoms with Crippen LogP contribution in [0.4, 0.5) is 0 Å². The molecule has 0 amide bonds. The number of hydrogen-bond donors (Lipinski definition) is 1. The summed E-state index contributed by atoms with van der Waals surface area (Å²) in [5.74, 6) is -1.74. The van der Waals surface area contributed by atoms with E-state index in [-0.39, 0.29) is 5.78 Å². The van der Waals surface area contributed by atoms with Gasteiger partial charge in [-0.25, -0.2) is 0 Å². The van der Waals surface area contributed by atoms with Crippen LogP contribution in [-0.2, 0) is 4.79 Å². The number of rotatable bonds is 2. The summed E-state index contributed by atoms with van der Waals surface area (Å²) in [4.78, 5) is 24.7. The molecule has 0 saturated carbocycles. The molecule has 4 heteroatoms. The van der Waals surface area contributed by atoms with E-state index in [1.54, 1.807) is 0 Å². The molecule has 3 rings (SSSR count). The summed E-state index contributed by atoms with van der Waals surface area (Å²) < 4.78 is 0. The first-order valence-electron chi connectivity index (χ1n) is 5.97. The number of ketones is 1. The van der Waals surface area contributed by atoms with Gasteiger partial charge in [0.05, 0.1) is 4.88 Å². The van der Waals surface area contributed by atoms with Gasteiger partial charge in [0.1, 0.15) is 5.41 Å². The Morgan fingerprint density at radius 1 is 1.26 bits per heavy atom. The van der Waals surface area contributed by atoms with Crippen LogP contribution in [0.25, 0.3) is 0 Å². The molecule has 1 heterocycles. The fraction of sp³-hybridized carbons (Fsp3) is 0.200. The smallest absolute Gasteiger partial charge is 0.318 e. The van der Waals surface area contributed by atoms with Gasteiger partial charge in [-0.2, -0.15) is 0 Å². The van der Waals surface area contributed by atoms with Gasteiger partial charge in [0.2, 0.25) is 0 Å². The average molecular weight is 272 g/mol. The Labute approximate surface area is 114 Å². The lowest BCUT2D eigenvalue weighted by Crippen LogP contribution is -2.37. The number of carboxylic acids is 1. The van der Waals surface area contributed by atoms with Crippen molar-refractivity contribution in [1.29, 1.82) is 0 Å². The topological polar surface area (TPSA) is 54.4 Å². The number of aliphatic carboxylic acids is 1. The van der Waals surface area contributed by atoms with Crippen LogP contribution < -0.4 is 0 Å². The monoisotopic (exact) mass is 272 g/mol. The van der Waals surface area contributed by atoms with Gasteiger partial charge in [-0.05, 0) is 29.5 Å². The van der Waals surface area contributed by atoms with Gasteiger partial charge in [-0.1, -0.05) is 30.3 Å². The summed E-state index contributed by atoms with van der Waals surface area (Å²) in [5, 5.41) is 11.4. The number of carbonyl (C=O) groups is 2. The molecule has 0 fully saturated rings. The van der Waals surface area contributed by atoms with Crippen LogP contribution in [0.3, 0.4) is 0 Å². The molecule has 1 aliphatic rings. The van der Waals surface area contributed by atoms with Gasteiger partial charge in [0.15, 0.2) is 5.78 Å². The lowest BCUT2D eigenvalue weighted by atomic mass is 9.73. The highest BCUT2D eigenvalue weighted by Crippen LogP contribution is 2.52. The Morgan fingerprint density at radius 3 is 2.58 bits per heavy atom. The molecule has 0 saturated heterocycles. The summed E-state index contributed by atoms with van der Waals surface area (Å²) in [7, 11) is 0. The van der Waals surface area contributed by atoms with Crippen molar-refractivity contribution in [3.63, 3.8) is 0 Å². The fourth-order valence-electron chi connectivity index (χ4n) is 2.79. The van der Waals surface area contributed by atoms with Crippen molar-refractivity contribution >= 4 is 23.1 Å². The summed E-state index contributed by atoms with van der Waals surface area (Å²) in [6, 6.07) is 11.2. The van der Waals surface area contributed by atoms with Gasteiger partial charge in [0.25, 0.3) is 0 Å². The Balaban J connectivity index is 2.25. The molecule has 1 aliphatic carbocycles. The molecule has 2 unspecified atom stereocenters. The average Bonchev–Trinajstić information content (AvgIpc) is 2.94. The Hall–Kier alpha value is -1.94. The van der Waals surface area contributed by atoms with Gasteiger partial charge in [-0.3, -0.25) is 9.59 Å². The predicted molar refractivity (Wildman–Crippen MR) is 72.7 cm³/mol. The Morgan fingerprint density at radius 2 is 1.95 bits per heavy atom. The van der Waals surface area contributed by atoms with E-state index in [1.165, 1.54) is 18.3 Å². The third-order valence-electron chi connectivity index (χ3n) is 3.84. The molecule has 3 nitrogen and oxygen atoms in total. The van der Waals surface area contributed by atoms with Crippen molar-refractivity contribution in [2.45, 2.75) is 12.8 Å². The first-order chi connectivity index (χ1) is 9.06. The van der Waals surface area contributed by atoms with Crippen LogP contribution in [0.15, 0.2) is 41.8 Å². The normalized spacial score (nSPS) is 25.3. The van der Waals surface area contributed by atoms with Crippen LogP contribution in [0.1, 0.15) is 33.6 Å². The molecule has 96 valence electrons. The zero-order valence-electron chi connectivity index (χ0n) is 10.3. The molecule has 0 aliphatic heterocycles. The molecule has 2 atom stereocenters. The fourth-order valence-corrected chi connectivity index (χ4v) is 3.78. The van der Waals surface area contributed by atoms with E-state index in [1.807, 2.05) is 41.8 Å². The van der Waals surface area contributed by atoms with Gasteiger partial charge >= 0.3 is 5.97 Å². The molecule has 19 heavy (non-hydrogen) atoms. The van der Waals surface area contributed by atoms with E-state index < -0.39 is 17.3 Å². The SMILES string of the molecule is CC1(C(=O)O)C(=O)c2sccc2C1c1ccccc1. The second kappa shape index (κ2) is 4.03. The number of Topliss-reactive ketones (excluding diaryl/α,β-unsaturated/α-hetero) is 1. The van der Waals surface area contributed by atoms with Crippen molar-refractivity contribution in [3.8, 4) is 0 Å². The first-order valence-corrected chi connectivity index (χ1v) is 6.85. The Kier molecular flexibility index (Phi) is 2.57. The van der Waals surface area contributed by atoms with E-state index in [0.717, 1.165) is 11.1 Å². The molecule has 0 spiro atoms. The predicted octanol–water partition coefficient (Wildman–Crippen LogP) is 3.17. The summed E-state index contributed by atoms with van der Waals surface area (Å²) >= 11 is 1.33. The third-order valence-corrected chi connectivity index (χ3v) is 4.77. The molecule has 0 radical (unpaired) electrons. The third kappa shape index (κ3) is 1.50. The number of hydrogen-bond acceptors (Lipinski definition) is 3. The highest BCUT2D eigenvalue weighted by atomic mass is 32.1. The number of thiophene rings is 1.